The Labute approximate surface area is 143 Å². The fourth-order valence-corrected chi connectivity index (χ4v) is 3.20. The summed E-state index contributed by atoms with van der Waals surface area (Å²) in [6.07, 6.45) is 4.68. The van der Waals surface area contributed by atoms with Gasteiger partial charge in [0.25, 0.3) is 5.91 Å². The van der Waals surface area contributed by atoms with E-state index in [0.29, 0.717) is 24.6 Å². The Morgan fingerprint density at radius 2 is 1.83 bits per heavy atom. The first kappa shape index (κ1) is 17.0. The van der Waals surface area contributed by atoms with Gasteiger partial charge in [0.2, 0.25) is 5.91 Å². The Kier molecular flexibility index (Phi) is 5.86. The molecule has 3 rings (SSSR count). The summed E-state index contributed by atoms with van der Waals surface area (Å²) in [6.45, 7) is 3.63. The zero-order chi connectivity index (χ0) is 16.8. The van der Waals surface area contributed by atoms with Crippen molar-refractivity contribution in [1.29, 1.82) is 0 Å². The maximum atomic E-state index is 12.3. The van der Waals surface area contributed by atoms with Gasteiger partial charge in [-0.05, 0) is 56.2 Å². The molecule has 0 aromatic heterocycles. The van der Waals surface area contributed by atoms with E-state index in [1.165, 1.54) is 12.8 Å². The highest BCUT2D eigenvalue weighted by Crippen LogP contribution is 2.27. The van der Waals surface area contributed by atoms with Crippen molar-refractivity contribution in [3.8, 4) is 0 Å². The lowest BCUT2D eigenvalue weighted by atomic mass is 9.97. The first-order chi connectivity index (χ1) is 11.7. The molecule has 5 heteroatoms. The van der Waals surface area contributed by atoms with E-state index in [1.54, 1.807) is 0 Å². The number of rotatable bonds is 7. The second-order valence-corrected chi connectivity index (χ2v) is 7.00. The Hall–Kier alpha value is -1.88. The third-order valence-electron chi connectivity index (χ3n) is 4.87. The van der Waals surface area contributed by atoms with Crippen molar-refractivity contribution in [2.45, 2.75) is 25.7 Å². The minimum absolute atomic E-state index is 0.0369. The molecule has 0 spiro atoms. The van der Waals surface area contributed by atoms with Crippen molar-refractivity contribution < 1.29 is 9.59 Å². The average Bonchev–Trinajstić information content (AvgIpc) is 3.45. The monoisotopic (exact) mass is 329 g/mol. The topological polar surface area (TPSA) is 61.4 Å². The van der Waals surface area contributed by atoms with Gasteiger partial charge in [0.15, 0.2) is 0 Å². The fourth-order valence-electron chi connectivity index (χ4n) is 3.20. The summed E-state index contributed by atoms with van der Waals surface area (Å²) in [5.41, 5.74) is 0.686. The van der Waals surface area contributed by atoms with Crippen LogP contribution in [0, 0.1) is 11.8 Å². The fraction of sp³-hybridized carbons (Fsp3) is 0.579. The van der Waals surface area contributed by atoms with E-state index in [2.05, 4.69) is 10.6 Å². The first-order valence-electron chi connectivity index (χ1n) is 9.04. The van der Waals surface area contributed by atoms with E-state index < -0.39 is 0 Å². The molecule has 2 amide bonds. The highest BCUT2D eigenvalue weighted by Gasteiger charge is 2.25. The molecule has 2 aliphatic rings. The van der Waals surface area contributed by atoms with Crippen LogP contribution in [-0.2, 0) is 4.79 Å². The number of piperidine rings is 1. The van der Waals surface area contributed by atoms with Gasteiger partial charge < -0.3 is 15.5 Å². The molecule has 1 aliphatic heterocycles. The smallest absolute Gasteiger partial charge is 0.251 e. The van der Waals surface area contributed by atoms with E-state index in [9.17, 15) is 9.59 Å². The molecular formula is C19H27N3O2. The molecule has 5 nitrogen and oxygen atoms in total. The minimum Gasteiger partial charge on any atom is -0.352 e. The van der Waals surface area contributed by atoms with Crippen LogP contribution in [0.15, 0.2) is 30.3 Å². The van der Waals surface area contributed by atoms with E-state index in [-0.39, 0.29) is 11.8 Å². The number of hydrogen-bond donors (Lipinski definition) is 2. The van der Waals surface area contributed by atoms with E-state index in [1.807, 2.05) is 35.2 Å². The second kappa shape index (κ2) is 8.29. The van der Waals surface area contributed by atoms with Crippen molar-refractivity contribution in [2.75, 3.05) is 32.7 Å². The maximum absolute atomic E-state index is 12.3. The highest BCUT2D eigenvalue weighted by molar-refractivity contribution is 5.94. The first-order valence-corrected chi connectivity index (χ1v) is 9.04. The number of benzene rings is 1. The number of likely N-dealkylation sites (tertiary alicyclic amines) is 1. The zero-order valence-corrected chi connectivity index (χ0v) is 14.2. The third-order valence-corrected chi connectivity index (χ3v) is 4.87. The molecule has 1 aromatic rings. The molecule has 1 saturated heterocycles. The molecule has 24 heavy (non-hydrogen) atoms. The van der Waals surface area contributed by atoms with Gasteiger partial charge in [-0.25, -0.2) is 0 Å². The molecule has 1 saturated carbocycles. The molecule has 130 valence electrons. The predicted octanol–water partition coefficient (Wildman–Crippen LogP) is 1.65. The molecule has 1 heterocycles. The standard InChI is InChI=1S/C19H27N3O2/c23-18(13-20-11-15-8-9-15)22-10-4-5-16(14-22)12-21-19(24)17-6-2-1-3-7-17/h1-3,6-7,15-16,20H,4-5,8-14H2,(H,21,24). The summed E-state index contributed by atoms with van der Waals surface area (Å²) < 4.78 is 0. The SMILES string of the molecule is O=C(NCC1CCCN(C(=O)CNCC2CC2)C1)c1ccccc1. The van der Waals surface area contributed by atoms with Gasteiger partial charge in [0.05, 0.1) is 6.54 Å². The Morgan fingerprint density at radius 3 is 2.58 bits per heavy atom. The molecule has 1 aliphatic carbocycles. The van der Waals surface area contributed by atoms with Crippen LogP contribution >= 0.6 is 0 Å². The van der Waals surface area contributed by atoms with Gasteiger partial charge in [-0.2, -0.15) is 0 Å². The summed E-state index contributed by atoms with van der Waals surface area (Å²) in [5.74, 6) is 1.29. The lowest BCUT2D eigenvalue weighted by Gasteiger charge is -2.33. The van der Waals surface area contributed by atoms with Crippen LogP contribution in [0.5, 0.6) is 0 Å². The van der Waals surface area contributed by atoms with Crippen LogP contribution in [0.2, 0.25) is 0 Å². The summed E-state index contributed by atoms with van der Waals surface area (Å²) in [4.78, 5) is 26.3. The van der Waals surface area contributed by atoms with Gasteiger partial charge in [-0.15, -0.1) is 0 Å². The number of carbonyl (C=O) groups is 2. The van der Waals surface area contributed by atoms with Gasteiger partial charge in [0, 0.05) is 25.2 Å². The average molecular weight is 329 g/mol. The summed E-state index contributed by atoms with van der Waals surface area (Å²) in [6, 6.07) is 9.27. The van der Waals surface area contributed by atoms with Gasteiger partial charge in [-0.3, -0.25) is 9.59 Å². The Morgan fingerprint density at radius 1 is 1.04 bits per heavy atom. The molecule has 0 bridgehead atoms. The van der Waals surface area contributed by atoms with Crippen LogP contribution in [0.4, 0.5) is 0 Å². The molecule has 0 radical (unpaired) electrons. The number of hydrogen-bond acceptors (Lipinski definition) is 3. The molecule has 1 unspecified atom stereocenters. The number of nitrogens with one attached hydrogen (secondary N) is 2. The molecular weight excluding hydrogens is 302 g/mol. The van der Waals surface area contributed by atoms with Gasteiger partial charge in [-0.1, -0.05) is 18.2 Å². The Balaban J connectivity index is 1.39. The van der Waals surface area contributed by atoms with Crippen LogP contribution in [0.3, 0.4) is 0 Å². The van der Waals surface area contributed by atoms with E-state index in [4.69, 9.17) is 0 Å². The summed E-state index contributed by atoms with van der Waals surface area (Å²) in [5, 5.41) is 6.27. The van der Waals surface area contributed by atoms with Crippen molar-refractivity contribution in [3.63, 3.8) is 0 Å². The van der Waals surface area contributed by atoms with Crippen molar-refractivity contribution in [2.24, 2.45) is 11.8 Å². The maximum Gasteiger partial charge on any atom is 0.251 e. The molecule has 1 atom stereocenters. The van der Waals surface area contributed by atoms with Crippen LogP contribution in [0.25, 0.3) is 0 Å². The van der Waals surface area contributed by atoms with Crippen LogP contribution in [-0.4, -0.2) is 49.4 Å². The van der Waals surface area contributed by atoms with Crippen molar-refractivity contribution in [3.05, 3.63) is 35.9 Å². The number of carbonyl (C=O) groups excluding carboxylic acids is 2. The molecule has 2 fully saturated rings. The normalized spacial score (nSPS) is 20.7. The largest absolute Gasteiger partial charge is 0.352 e. The molecule has 1 aromatic carbocycles. The Bertz CT molecular complexity index is 557. The highest BCUT2D eigenvalue weighted by atomic mass is 16.2. The van der Waals surface area contributed by atoms with E-state index in [0.717, 1.165) is 38.4 Å². The van der Waals surface area contributed by atoms with Gasteiger partial charge >= 0.3 is 0 Å². The number of amides is 2. The van der Waals surface area contributed by atoms with E-state index >= 15 is 0 Å². The summed E-state index contributed by atoms with van der Waals surface area (Å²) in [7, 11) is 0. The third kappa shape index (κ3) is 5.06. The second-order valence-electron chi connectivity index (χ2n) is 7.00. The van der Waals surface area contributed by atoms with Crippen molar-refractivity contribution >= 4 is 11.8 Å². The number of nitrogens with zero attached hydrogens (tertiary/aromatic N) is 1. The minimum atomic E-state index is -0.0369. The lowest BCUT2D eigenvalue weighted by molar-refractivity contribution is -0.132. The van der Waals surface area contributed by atoms with Crippen LogP contribution < -0.4 is 10.6 Å². The van der Waals surface area contributed by atoms with Crippen molar-refractivity contribution in [1.82, 2.24) is 15.5 Å². The summed E-state index contributed by atoms with van der Waals surface area (Å²) >= 11 is 0. The zero-order valence-electron chi connectivity index (χ0n) is 14.2. The molecule has 2 N–H and O–H groups in total. The van der Waals surface area contributed by atoms with Gasteiger partial charge in [0.1, 0.15) is 0 Å². The quantitative estimate of drug-likeness (QED) is 0.800. The van der Waals surface area contributed by atoms with Crippen LogP contribution in [0.1, 0.15) is 36.0 Å². The predicted molar refractivity (Wildman–Crippen MR) is 93.7 cm³/mol. The lowest BCUT2D eigenvalue weighted by Crippen LogP contribution is -2.46.